The van der Waals surface area contributed by atoms with Gasteiger partial charge in [-0.1, -0.05) is 6.07 Å². The summed E-state index contributed by atoms with van der Waals surface area (Å²) < 4.78 is 24.0. The number of nitrogens with one attached hydrogen (secondary N) is 1. The molecule has 1 aromatic heterocycles. The number of methoxy groups -OCH3 is 1. The molecule has 1 atom stereocenters. The molecule has 112 valence electrons. The van der Waals surface area contributed by atoms with Crippen LogP contribution in [0.5, 0.6) is 11.5 Å². The van der Waals surface area contributed by atoms with Crippen LogP contribution in [0.1, 0.15) is 24.1 Å². The summed E-state index contributed by atoms with van der Waals surface area (Å²) in [6, 6.07) is 6.62. The van der Waals surface area contributed by atoms with E-state index in [0.29, 0.717) is 12.4 Å². The van der Waals surface area contributed by atoms with Gasteiger partial charge in [-0.05, 0) is 43.3 Å². The van der Waals surface area contributed by atoms with Gasteiger partial charge in [0.05, 0.1) is 26.0 Å². The zero-order valence-electron chi connectivity index (χ0n) is 12.4. The minimum absolute atomic E-state index is 0.118. The molecule has 21 heavy (non-hydrogen) atoms. The van der Waals surface area contributed by atoms with E-state index in [1.807, 2.05) is 20.0 Å². The summed E-state index contributed by atoms with van der Waals surface area (Å²) >= 11 is 0. The molecule has 1 aromatic carbocycles. The van der Waals surface area contributed by atoms with Crippen LogP contribution in [0.25, 0.3) is 0 Å². The number of rotatable bonds is 6. The third-order valence-electron chi connectivity index (χ3n) is 3.18. The Morgan fingerprint density at radius 3 is 2.71 bits per heavy atom. The Kier molecular flexibility index (Phi) is 5.11. The minimum atomic E-state index is -0.378. The molecular formula is C16H19FN2O2. The van der Waals surface area contributed by atoms with E-state index >= 15 is 0 Å². The monoisotopic (exact) mass is 290 g/mol. The van der Waals surface area contributed by atoms with E-state index in [1.54, 1.807) is 24.5 Å². The van der Waals surface area contributed by atoms with Gasteiger partial charge in [-0.25, -0.2) is 4.39 Å². The molecule has 2 rings (SSSR count). The highest BCUT2D eigenvalue weighted by molar-refractivity contribution is 5.38. The normalized spacial score (nSPS) is 12.0. The molecule has 0 aliphatic carbocycles. The van der Waals surface area contributed by atoms with Crippen molar-refractivity contribution in [1.82, 2.24) is 10.3 Å². The third-order valence-corrected chi connectivity index (χ3v) is 3.18. The van der Waals surface area contributed by atoms with Crippen LogP contribution in [0.2, 0.25) is 0 Å². The molecule has 1 N–H and O–H groups in total. The van der Waals surface area contributed by atoms with Crippen molar-refractivity contribution in [3.8, 4) is 11.5 Å². The van der Waals surface area contributed by atoms with E-state index in [-0.39, 0.29) is 17.6 Å². The largest absolute Gasteiger partial charge is 0.494 e. The van der Waals surface area contributed by atoms with Gasteiger partial charge in [0.25, 0.3) is 0 Å². The van der Waals surface area contributed by atoms with Crippen molar-refractivity contribution >= 4 is 0 Å². The summed E-state index contributed by atoms with van der Waals surface area (Å²) in [4.78, 5) is 4.19. The molecule has 4 nitrogen and oxygen atoms in total. The molecule has 0 aliphatic heterocycles. The Bertz CT molecular complexity index is 605. The van der Waals surface area contributed by atoms with Gasteiger partial charge < -0.3 is 14.8 Å². The first kappa shape index (κ1) is 15.3. The van der Waals surface area contributed by atoms with E-state index in [0.717, 1.165) is 11.1 Å². The molecular weight excluding hydrogens is 271 g/mol. The van der Waals surface area contributed by atoms with Gasteiger partial charge in [0, 0.05) is 6.20 Å². The van der Waals surface area contributed by atoms with Crippen LogP contribution < -0.4 is 14.8 Å². The van der Waals surface area contributed by atoms with Gasteiger partial charge in [-0.15, -0.1) is 0 Å². The molecule has 0 spiro atoms. The van der Waals surface area contributed by atoms with Crippen molar-refractivity contribution in [3.63, 3.8) is 0 Å². The zero-order chi connectivity index (χ0) is 15.2. The lowest BCUT2D eigenvalue weighted by atomic mass is 10.00. The second-order valence-electron chi connectivity index (χ2n) is 4.50. The Morgan fingerprint density at radius 1 is 1.24 bits per heavy atom. The first-order valence-corrected chi connectivity index (χ1v) is 6.78. The second-order valence-corrected chi connectivity index (χ2v) is 4.50. The maximum absolute atomic E-state index is 13.5. The van der Waals surface area contributed by atoms with Crippen LogP contribution in [0.3, 0.4) is 0 Å². The van der Waals surface area contributed by atoms with E-state index < -0.39 is 0 Å². The molecule has 1 heterocycles. The van der Waals surface area contributed by atoms with Crippen LogP contribution in [-0.2, 0) is 0 Å². The predicted molar refractivity (Wildman–Crippen MR) is 79.3 cm³/mol. The van der Waals surface area contributed by atoms with Crippen LogP contribution in [-0.4, -0.2) is 25.7 Å². The first-order valence-electron chi connectivity index (χ1n) is 6.78. The molecule has 0 saturated carbocycles. The fourth-order valence-corrected chi connectivity index (χ4v) is 2.22. The number of hydrogen-bond acceptors (Lipinski definition) is 4. The first-order chi connectivity index (χ1) is 10.2. The van der Waals surface area contributed by atoms with Gasteiger partial charge in [-0.3, -0.25) is 4.98 Å². The van der Waals surface area contributed by atoms with Gasteiger partial charge in [0.1, 0.15) is 5.75 Å². The SMILES string of the molecule is CCOc1cncc(C(NC)c2ccc(F)c(OC)c2)c1. The van der Waals surface area contributed by atoms with E-state index in [4.69, 9.17) is 9.47 Å². The fourth-order valence-electron chi connectivity index (χ4n) is 2.22. The molecule has 0 radical (unpaired) electrons. The average molecular weight is 290 g/mol. The summed E-state index contributed by atoms with van der Waals surface area (Å²) in [5.41, 5.74) is 1.84. The van der Waals surface area contributed by atoms with Gasteiger partial charge >= 0.3 is 0 Å². The van der Waals surface area contributed by atoms with Crippen molar-refractivity contribution < 1.29 is 13.9 Å². The highest BCUT2D eigenvalue weighted by atomic mass is 19.1. The van der Waals surface area contributed by atoms with Crippen LogP contribution in [0.4, 0.5) is 4.39 Å². The highest BCUT2D eigenvalue weighted by Gasteiger charge is 2.15. The molecule has 2 aromatic rings. The van der Waals surface area contributed by atoms with Crippen molar-refractivity contribution in [3.05, 3.63) is 53.6 Å². The number of pyridine rings is 1. The average Bonchev–Trinajstić information content (AvgIpc) is 2.50. The fraction of sp³-hybridized carbons (Fsp3) is 0.312. The zero-order valence-corrected chi connectivity index (χ0v) is 12.4. The lowest BCUT2D eigenvalue weighted by molar-refractivity contribution is 0.338. The summed E-state index contributed by atoms with van der Waals surface area (Å²) in [5.74, 6) is 0.559. The minimum Gasteiger partial charge on any atom is -0.494 e. The van der Waals surface area contributed by atoms with Gasteiger partial charge in [-0.2, -0.15) is 0 Å². The van der Waals surface area contributed by atoms with E-state index in [1.165, 1.54) is 13.2 Å². The lowest BCUT2D eigenvalue weighted by Crippen LogP contribution is -2.18. The molecule has 5 heteroatoms. The highest BCUT2D eigenvalue weighted by Crippen LogP contribution is 2.28. The Balaban J connectivity index is 2.37. The quantitative estimate of drug-likeness (QED) is 0.888. The van der Waals surface area contributed by atoms with Crippen molar-refractivity contribution in [1.29, 1.82) is 0 Å². The Morgan fingerprint density at radius 2 is 2.05 bits per heavy atom. The van der Waals surface area contributed by atoms with Crippen molar-refractivity contribution in [2.75, 3.05) is 20.8 Å². The number of benzene rings is 1. The van der Waals surface area contributed by atoms with Crippen LogP contribution in [0.15, 0.2) is 36.7 Å². The number of ether oxygens (including phenoxy) is 2. The maximum atomic E-state index is 13.5. The van der Waals surface area contributed by atoms with E-state index in [2.05, 4.69) is 10.3 Å². The number of aromatic nitrogens is 1. The molecule has 0 bridgehead atoms. The summed E-state index contributed by atoms with van der Waals surface area (Å²) in [6.07, 6.45) is 3.44. The summed E-state index contributed by atoms with van der Waals surface area (Å²) in [7, 11) is 3.29. The third kappa shape index (κ3) is 3.49. The molecule has 0 fully saturated rings. The molecule has 0 saturated heterocycles. The summed E-state index contributed by atoms with van der Waals surface area (Å²) in [6.45, 7) is 2.51. The van der Waals surface area contributed by atoms with Gasteiger partial charge in [0.2, 0.25) is 0 Å². The number of halogens is 1. The van der Waals surface area contributed by atoms with Gasteiger partial charge in [0.15, 0.2) is 11.6 Å². The second kappa shape index (κ2) is 7.04. The van der Waals surface area contributed by atoms with Crippen LogP contribution >= 0.6 is 0 Å². The number of hydrogen-bond donors (Lipinski definition) is 1. The van der Waals surface area contributed by atoms with Crippen LogP contribution in [0, 0.1) is 5.82 Å². The van der Waals surface area contributed by atoms with E-state index in [9.17, 15) is 4.39 Å². The van der Waals surface area contributed by atoms with Crippen molar-refractivity contribution in [2.24, 2.45) is 0 Å². The summed E-state index contributed by atoms with van der Waals surface area (Å²) in [5, 5.41) is 3.20. The van der Waals surface area contributed by atoms with Crippen molar-refractivity contribution in [2.45, 2.75) is 13.0 Å². The topological polar surface area (TPSA) is 43.4 Å². The standard InChI is InChI=1S/C16H19FN2O2/c1-4-21-13-7-12(9-19-10-13)16(18-2)11-5-6-14(17)15(8-11)20-3/h5-10,16,18H,4H2,1-3H3. The smallest absolute Gasteiger partial charge is 0.165 e. The molecule has 1 unspecified atom stereocenters. The molecule has 0 aliphatic rings. The Labute approximate surface area is 123 Å². The maximum Gasteiger partial charge on any atom is 0.165 e. The molecule has 0 amide bonds. The Hall–Kier alpha value is -2.14. The predicted octanol–water partition coefficient (Wildman–Crippen LogP) is 2.94. The lowest BCUT2D eigenvalue weighted by Gasteiger charge is -2.18. The number of nitrogens with zero attached hydrogens (tertiary/aromatic N) is 1.